The van der Waals surface area contributed by atoms with E-state index < -0.39 is 0 Å². The Balaban J connectivity index is 1.98. The molecular weight excluding hydrogens is 351 g/mol. The second-order valence-electron chi connectivity index (χ2n) is 6.13. The van der Waals surface area contributed by atoms with Crippen LogP contribution in [0.15, 0.2) is 30.4 Å². The van der Waals surface area contributed by atoms with Crippen molar-refractivity contribution >= 4 is 34.2 Å². The summed E-state index contributed by atoms with van der Waals surface area (Å²) in [7, 11) is 0. The van der Waals surface area contributed by atoms with E-state index in [2.05, 4.69) is 41.7 Å². The van der Waals surface area contributed by atoms with Crippen LogP contribution >= 0.6 is 22.6 Å². The first kappa shape index (κ1) is 11.8. The van der Waals surface area contributed by atoms with Crippen molar-refractivity contribution in [1.82, 2.24) is 0 Å². The minimum atomic E-state index is -0.138. The van der Waals surface area contributed by atoms with Crippen molar-refractivity contribution < 1.29 is 9.59 Å². The lowest BCUT2D eigenvalue weighted by atomic mass is 9.65. The molecule has 3 aliphatic rings. The first-order valence-corrected chi connectivity index (χ1v) is 7.67. The first-order chi connectivity index (χ1) is 9.03. The molecule has 4 rings (SSSR count). The fourth-order valence-corrected chi connectivity index (χ4v) is 5.01. The van der Waals surface area contributed by atoms with Crippen LogP contribution in [0.4, 0.5) is 0 Å². The van der Waals surface area contributed by atoms with Crippen LogP contribution in [-0.4, -0.2) is 11.6 Å². The summed E-state index contributed by atoms with van der Waals surface area (Å²) in [5, 5.41) is 0. The molecule has 1 saturated carbocycles. The predicted octanol–water partition coefficient (Wildman–Crippen LogP) is 3.50. The third-order valence-corrected chi connectivity index (χ3v) is 5.94. The summed E-state index contributed by atoms with van der Waals surface area (Å²) < 4.78 is 0.906. The number of halogens is 1. The van der Waals surface area contributed by atoms with Gasteiger partial charge in [0.1, 0.15) is 0 Å². The summed E-state index contributed by atoms with van der Waals surface area (Å²) in [6.45, 7) is 2.12. The van der Waals surface area contributed by atoms with Gasteiger partial charge in [-0.25, -0.2) is 0 Å². The summed E-state index contributed by atoms with van der Waals surface area (Å²) in [6.07, 6.45) is 5.25. The van der Waals surface area contributed by atoms with Gasteiger partial charge in [0.25, 0.3) is 0 Å². The molecule has 0 N–H and O–H groups in total. The molecule has 0 aromatic heterocycles. The highest BCUT2D eigenvalue weighted by Gasteiger charge is 2.60. The molecule has 3 heteroatoms. The largest absolute Gasteiger partial charge is 0.294 e. The minimum Gasteiger partial charge on any atom is -0.294 e. The van der Waals surface area contributed by atoms with Crippen molar-refractivity contribution in [3.05, 3.63) is 45.0 Å². The van der Waals surface area contributed by atoms with Gasteiger partial charge < -0.3 is 0 Å². The lowest BCUT2D eigenvalue weighted by molar-refractivity contribution is 0.0675. The number of hydrogen-bond donors (Lipinski definition) is 0. The number of carbonyl (C=O) groups is 2. The van der Waals surface area contributed by atoms with Gasteiger partial charge in [0.2, 0.25) is 0 Å². The highest BCUT2D eigenvalue weighted by atomic mass is 127. The van der Waals surface area contributed by atoms with Gasteiger partial charge in [-0.1, -0.05) is 31.2 Å². The van der Waals surface area contributed by atoms with Crippen LogP contribution < -0.4 is 0 Å². The van der Waals surface area contributed by atoms with E-state index >= 15 is 0 Å². The summed E-state index contributed by atoms with van der Waals surface area (Å²) in [4.78, 5) is 25.6. The number of Topliss-reactive ketones (excluding diaryl/α,β-unsaturated/α-hetero) is 2. The van der Waals surface area contributed by atoms with Gasteiger partial charge in [-0.15, -0.1) is 0 Å². The summed E-state index contributed by atoms with van der Waals surface area (Å²) in [5.74, 6) is 0.359. The molecule has 0 saturated heterocycles. The Morgan fingerprint density at radius 1 is 1.26 bits per heavy atom. The molecule has 1 aromatic rings. The summed E-state index contributed by atoms with van der Waals surface area (Å²) in [6, 6.07) is 5.60. The van der Waals surface area contributed by atoms with E-state index in [1.54, 1.807) is 0 Å². The molecule has 0 amide bonds. The van der Waals surface area contributed by atoms with Gasteiger partial charge in [-0.3, -0.25) is 9.59 Å². The van der Waals surface area contributed by atoms with Crippen LogP contribution in [0.25, 0.3) is 0 Å². The Morgan fingerprint density at radius 2 is 2.05 bits per heavy atom. The van der Waals surface area contributed by atoms with E-state index in [1.165, 1.54) is 0 Å². The highest BCUT2D eigenvalue weighted by Crippen LogP contribution is 2.59. The van der Waals surface area contributed by atoms with Crippen LogP contribution in [-0.2, 0) is 0 Å². The van der Waals surface area contributed by atoms with Crippen molar-refractivity contribution in [3.63, 3.8) is 0 Å². The number of ketones is 2. The summed E-state index contributed by atoms with van der Waals surface area (Å²) in [5.41, 5.74) is 1.19. The van der Waals surface area contributed by atoms with Gasteiger partial charge in [-0.05, 0) is 46.4 Å². The van der Waals surface area contributed by atoms with Gasteiger partial charge in [0.15, 0.2) is 11.6 Å². The molecule has 19 heavy (non-hydrogen) atoms. The standard InChI is InChI=1S/C16H13IO2/c1-16-6-5-8(7-16)11-13(16)14(18)9-3-2-4-10(17)12(9)15(11)19/h2-6,8,11,13H,7H2,1H3. The Hall–Kier alpha value is -0.970. The Kier molecular flexibility index (Phi) is 2.22. The quantitative estimate of drug-likeness (QED) is 0.522. The number of carbonyl (C=O) groups excluding carboxylic acids is 2. The van der Waals surface area contributed by atoms with E-state index in [4.69, 9.17) is 0 Å². The lowest BCUT2D eigenvalue weighted by Gasteiger charge is -2.36. The zero-order chi connectivity index (χ0) is 13.4. The first-order valence-electron chi connectivity index (χ1n) is 6.59. The van der Waals surface area contributed by atoms with Crippen LogP contribution in [0, 0.1) is 26.7 Å². The maximum absolute atomic E-state index is 12.8. The fourth-order valence-electron chi connectivity index (χ4n) is 4.24. The molecule has 96 valence electrons. The van der Waals surface area contributed by atoms with E-state index in [9.17, 15) is 9.59 Å². The Bertz CT molecular complexity index is 661. The molecule has 3 aliphatic carbocycles. The molecule has 0 spiro atoms. The van der Waals surface area contributed by atoms with Crippen LogP contribution in [0.2, 0.25) is 0 Å². The van der Waals surface area contributed by atoms with Crippen molar-refractivity contribution in [3.8, 4) is 0 Å². The molecular formula is C16H13IO2. The summed E-state index contributed by atoms with van der Waals surface area (Å²) >= 11 is 2.17. The molecule has 2 nitrogen and oxygen atoms in total. The molecule has 1 aromatic carbocycles. The van der Waals surface area contributed by atoms with Gasteiger partial charge in [0, 0.05) is 26.5 Å². The SMILES string of the molecule is CC12C=CC(C1)C1C(=O)c3c(I)cccc3C(=O)C12. The maximum Gasteiger partial charge on any atom is 0.169 e. The zero-order valence-corrected chi connectivity index (χ0v) is 12.7. The second-order valence-corrected chi connectivity index (χ2v) is 7.29. The normalized spacial score (nSPS) is 38.5. The topological polar surface area (TPSA) is 34.1 Å². The zero-order valence-electron chi connectivity index (χ0n) is 10.5. The predicted molar refractivity (Wildman–Crippen MR) is 80.2 cm³/mol. The monoisotopic (exact) mass is 364 g/mol. The van der Waals surface area contributed by atoms with Crippen molar-refractivity contribution in [2.45, 2.75) is 13.3 Å². The number of allylic oxidation sites excluding steroid dienone is 2. The van der Waals surface area contributed by atoms with E-state index in [1.807, 2.05) is 18.2 Å². The third kappa shape index (κ3) is 1.32. The molecule has 1 fully saturated rings. The van der Waals surface area contributed by atoms with Gasteiger partial charge >= 0.3 is 0 Å². The molecule has 4 unspecified atom stereocenters. The number of hydrogen-bond acceptors (Lipinski definition) is 2. The molecule has 0 aliphatic heterocycles. The van der Waals surface area contributed by atoms with E-state index in [0.717, 1.165) is 9.99 Å². The van der Waals surface area contributed by atoms with Crippen LogP contribution in [0.3, 0.4) is 0 Å². The fraction of sp³-hybridized carbons (Fsp3) is 0.375. The van der Waals surface area contributed by atoms with E-state index in [-0.39, 0.29) is 34.7 Å². The van der Waals surface area contributed by atoms with Crippen LogP contribution in [0.5, 0.6) is 0 Å². The van der Waals surface area contributed by atoms with Gasteiger partial charge in [-0.2, -0.15) is 0 Å². The van der Waals surface area contributed by atoms with E-state index in [0.29, 0.717) is 11.1 Å². The second kappa shape index (κ2) is 3.57. The average Bonchev–Trinajstić information content (AvgIpc) is 2.89. The molecule has 4 atom stereocenters. The number of benzene rings is 1. The molecule has 2 bridgehead atoms. The van der Waals surface area contributed by atoms with Crippen LogP contribution in [0.1, 0.15) is 34.1 Å². The molecule has 0 radical (unpaired) electrons. The van der Waals surface area contributed by atoms with Crippen molar-refractivity contribution in [2.24, 2.45) is 23.2 Å². The lowest BCUT2D eigenvalue weighted by Crippen LogP contribution is -2.42. The minimum absolute atomic E-state index is 0.110. The average molecular weight is 364 g/mol. The third-order valence-electron chi connectivity index (χ3n) is 5.04. The van der Waals surface area contributed by atoms with Crippen molar-refractivity contribution in [2.75, 3.05) is 0 Å². The van der Waals surface area contributed by atoms with Gasteiger partial charge in [0.05, 0.1) is 0 Å². The Labute approximate surface area is 125 Å². The van der Waals surface area contributed by atoms with Crippen molar-refractivity contribution in [1.29, 1.82) is 0 Å². The number of rotatable bonds is 0. The molecule has 0 heterocycles. The highest BCUT2D eigenvalue weighted by molar-refractivity contribution is 14.1. The maximum atomic E-state index is 12.8. The number of fused-ring (bicyclic) bond motifs is 6. The smallest absolute Gasteiger partial charge is 0.169 e. The Morgan fingerprint density at radius 3 is 2.84 bits per heavy atom.